The molecule has 0 spiro atoms. The second-order valence-corrected chi connectivity index (χ2v) is 5.92. The first kappa shape index (κ1) is 19.1. The average molecular weight is 382 g/mol. The summed E-state index contributed by atoms with van der Waals surface area (Å²) in [4.78, 5) is 28.8. The normalized spacial score (nSPS) is 10.5. The summed E-state index contributed by atoms with van der Waals surface area (Å²) >= 11 is 0. The van der Waals surface area contributed by atoms with Crippen molar-refractivity contribution in [3.63, 3.8) is 0 Å². The molecule has 144 valence electrons. The summed E-state index contributed by atoms with van der Waals surface area (Å²) in [5, 5.41) is 12.6. The number of methoxy groups -OCH3 is 2. The van der Waals surface area contributed by atoms with E-state index in [1.807, 2.05) is 0 Å². The van der Waals surface area contributed by atoms with Gasteiger partial charge in [-0.05, 0) is 18.2 Å². The summed E-state index contributed by atoms with van der Waals surface area (Å²) in [6.07, 6.45) is 0. The number of nitrogens with zero attached hydrogens (tertiary/aromatic N) is 2. The molecule has 8 nitrogen and oxygen atoms in total. The number of carbonyl (C=O) groups excluding carboxylic acids is 2. The maximum absolute atomic E-state index is 12.6. The molecule has 0 aliphatic rings. The van der Waals surface area contributed by atoms with Crippen LogP contribution in [0.1, 0.15) is 33.5 Å². The van der Waals surface area contributed by atoms with E-state index in [1.165, 1.54) is 33.3 Å². The van der Waals surface area contributed by atoms with Crippen LogP contribution in [0.4, 0.5) is 0 Å². The molecule has 0 aliphatic carbocycles. The molecule has 0 bridgehead atoms. The van der Waals surface area contributed by atoms with Crippen LogP contribution in [0.3, 0.4) is 0 Å². The molecular weight excluding hydrogens is 364 g/mol. The quantitative estimate of drug-likeness (QED) is 0.279. The number of para-hydroxylation sites is 2. The smallest absolute Gasteiger partial charge is 0.338 e. The summed E-state index contributed by atoms with van der Waals surface area (Å²) in [5.74, 6) is -0.282. The van der Waals surface area contributed by atoms with Gasteiger partial charge in [0.1, 0.15) is 23.6 Å². The Morgan fingerprint density at radius 3 is 2.32 bits per heavy atom. The standard InChI is InChI=1S/C20H18N2O6/c1-12(23)19-17(21-16-6-4-5-7-18(16)22(19)25)11-28-20(24)13-8-14(26-2)10-15(9-13)27-3/h4-10H,11H2,1-3H3. The fourth-order valence-electron chi connectivity index (χ4n) is 2.76. The van der Waals surface area contributed by atoms with Crippen LogP contribution in [-0.2, 0) is 11.3 Å². The van der Waals surface area contributed by atoms with Gasteiger partial charge in [-0.1, -0.05) is 12.1 Å². The van der Waals surface area contributed by atoms with Gasteiger partial charge in [0, 0.05) is 19.1 Å². The van der Waals surface area contributed by atoms with E-state index < -0.39 is 11.8 Å². The predicted molar refractivity (Wildman–Crippen MR) is 99.4 cm³/mol. The number of Topliss-reactive ketones (excluding diaryl/α,β-unsaturated/α-hetero) is 1. The monoisotopic (exact) mass is 382 g/mol. The molecule has 0 saturated heterocycles. The number of ether oxygens (including phenoxy) is 3. The Bertz CT molecular complexity index is 1040. The Morgan fingerprint density at radius 2 is 1.71 bits per heavy atom. The Balaban J connectivity index is 1.92. The van der Waals surface area contributed by atoms with E-state index in [4.69, 9.17) is 14.2 Å². The lowest BCUT2D eigenvalue weighted by Gasteiger charge is -2.11. The molecule has 3 aromatic rings. The van der Waals surface area contributed by atoms with Gasteiger partial charge >= 0.3 is 5.97 Å². The molecule has 0 aliphatic heterocycles. The predicted octanol–water partition coefficient (Wildman–Crippen LogP) is 2.45. The van der Waals surface area contributed by atoms with Gasteiger partial charge in [0.25, 0.3) is 5.69 Å². The third kappa shape index (κ3) is 3.71. The maximum atomic E-state index is 12.6. The molecule has 0 fully saturated rings. The van der Waals surface area contributed by atoms with Crippen molar-refractivity contribution in [3.8, 4) is 11.5 Å². The minimum atomic E-state index is -0.667. The fraction of sp³-hybridized carbons (Fsp3) is 0.200. The number of carbonyl (C=O) groups is 2. The number of esters is 1. The van der Waals surface area contributed by atoms with Gasteiger partial charge < -0.3 is 19.4 Å². The Kier molecular flexibility index (Phi) is 5.39. The van der Waals surface area contributed by atoms with Crippen LogP contribution in [0.15, 0.2) is 42.5 Å². The first-order valence-corrected chi connectivity index (χ1v) is 8.37. The lowest BCUT2D eigenvalue weighted by Crippen LogP contribution is -2.37. The van der Waals surface area contributed by atoms with Crippen LogP contribution < -0.4 is 14.2 Å². The topological polar surface area (TPSA) is 102 Å². The van der Waals surface area contributed by atoms with Crippen molar-refractivity contribution in [2.24, 2.45) is 0 Å². The number of fused-ring (bicyclic) bond motifs is 1. The fourth-order valence-corrected chi connectivity index (χ4v) is 2.76. The van der Waals surface area contributed by atoms with Crippen molar-refractivity contribution in [1.82, 2.24) is 4.98 Å². The molecule has 0 N–H and O–H groups in total. The molecule has 2 aromatic carbocycles. The number of aromatic nitrogens is 2. The third-order valence-corrected chi connectivity index (χ3v) is 4.09. The lowest BCUT2D eigenvalue weighted by molar-refractivity contribution is -0.580. The first-order valence-electron chi connectivity index (χ1n) is 8.37. The van der Waals surface area contributed by atoms with E-state index in [1.54, 1.807) is 30.3 Å². The molecule has 0 atom stereocenters. The molecule has 0 unspecified atom stereocenters. The lowest BCUT2D eigenvalue weighted by atomic mass is 10.2. The van der Waals surface area contributed by atoms with E-state index in [9.17, 15) is 14.8 Å². The van der Waals surface area contributed by atoms with Crippen molar-refractivity contribution in [2.45, 2.75) is 13.5 Å². The third-order valence-electron chi connectivity index (χ3n) is 4.09. The van der Waals surface area contributed by atoms with Gasteiger partial charge in [0.2, 0.25) is 11.3 Å². The van der Waals surface area contributed by atoms with Gasteiger partial charge in [0.15, 0.2) is 5.69 Å². The van der Waals surface area contributed by atoms with Crippen molar-refractivity contribution in [3.05, 3.63) is 64.6 Å². The van der Waals surface area contributed by atoms with Crippen LogP contribution >= 0.6 is 0 Å². The molecular formula is C20H18N2O6. The number of ketones is 1. The molecule has 0 amide bonds. The SMILES string of the molecule is COc1cc(OC)cc(C(=O)OCc2nc3ccccc3[n+]([O-])c2C(C)=O)c1. The summed E-state index contributed by atoms with van der Waals surface area (Å²) in [7, 11) is 2.93. The van der Waals surface area contributed by atoms with Gasteiger partial charge in [-0.3, -0.25) is 4.79 Å². The maximum Gasteiger partial charge on any atom is 0.338 e. The minimum absolute atomic E-state index is 0.0874. The number of hydrogen-bond donors (Lipinski definition) is 0. The van der Waals surface area contributed by atoms with Crippen LogP contribution in [0.25, 0.3) is 11.0 Å². The van der Waals surface area contributed by atoms with Crippen molar-refractivity contribution in [1.29, 1.82) is 0 Å². The number of benzene rings is 2. The highest BCUT2D eigenvalue weighted by Crippen LogP contribution is 2.23. The molecule has 1 heterocycles. The molecule has 0 saturated carbocycles. The van der Waals surface area contributed by atoms with E-state index in [0.29, 0.717) is 21.7 Å². The molecule has 1 aromatic heterocycles. The van der Waals surface area contributed by atoms with Gasteiger partial charge in [-0.25, -0.2) is 9.78 Å². The minimum Gasteiger partial charge on any atom is -0.618 e. The summed E-state index contributed by atoms with van der Waals surface area (Å²) in [6.45, 7) is 0.929. The van der Waals surface area contributed by atoms with Crippen molar-refractivity contribution >= 4 is 22.8 Å². The highest BCUT2D eigenvalue weighted by Gasteiger charge is 2.24. The van der Waals surface area contributed by atoms with Crippen LogP contribution in [-0.4, -0.2) is 31.0 Å². The van der Waals surface area contributed by atoms with E-state index in [0.717, 1.165) is 0 Å². The molecule has 8 heteroatoms. The number of hydrogen-bond acceptors (Lipinski definition) is 7. The Morgan fingerprint density at radius 1 is 1.07 bits per heavy atom. The molecule has 0 radical (unpaired) electrons. The number of rotatable bonds is 6. The molecule has 28 heavy (non-hydrogen) atoms. The summed E-state index contributed by atoms with van der Waals surface area (Å²) in [5.41, 5.74) is 0.799. The van der Waals surface area contributed by atoms with E-state index >= 15 is 0 Å². The first-order chi connectivity index (χ1) is 13.4. The Hall–Kier alpha value is -3.68. The largest absolute Gasteiger partial charge is 0.618 e. The van der Waals surface area contributed by atoms with Crippen LogP contribution in [0.5, 0.6) is 11.5 Å². The average Bonchev–Trinajstić information content (AvgIpc) is 2.71. The zero-order chi connectivity index (χ0) is 20.3. The van der Waals surface area contributed by atoms with E-state index in [-0.39, 0.29) is 29.1 Å². The zero-order valence-corrected chi connectivity index (χ0v) is 15.6. The van der Waals surface area contributed by atoms with Crippen molar-refractivity contribution < 1.29 is 28.5 Å². The molecule has 3 rings (SSSR count). The Labute approximate surface area is 160 Å². The summed E-state index contributed by atoms with van der Waals surface area (Å²) in [6, 6.07) is 11.2. The second kappa shape index (κ2) is 7.91. The second-order valence-electron chi connectivity index (χ2n) is 5.92. The van der Waals surface area contributed by atoms with E-state index in [2.05, 4.69) is 4.98 Å². The van der Waals surface area contributed by atoms with Crippen molar-refractivity contribution in [2.75, 3.05) is 14.2 Å². The van der Waals surface area contributed by atoms with Gasteiger partial charge in [-0.15, -0.1) is 0 Å². The van der Waals surface area contributed by atoms with Crippen LogP contribution in [0.2, 0.25) is 0 Å². The van der Waals surface area contributed by atoms with Gasteiger partial charge in [-0.2, -0.15) is 4.73 Å². The zero-order valence-electron chi connectivity index (χ0n) is 15.6. The highest BCUT2D eigenvalue weighted by molar-refractivity contribution is 5.93. The van der Waals surface area contributed by atoms with Crippen LogP contribution in [0, 0.1) is 5.21 Å². The highest BCUT2D eigenvalue weighted by atomic mass is 16.5. The summed E-state index contributed by atoms with van der Waals surface area (Å²) < 4.78 is 16.1. The van der Waals surface area contributed by atoms with Gasteiger partial charge in [0.05, 0.1) is 19.8 Å².